The molecule has 0 saturated heterocycles. The number of nitrogens with zero attached hydrogens (tertiary/aromatic N) is 2. The van der Waals surface area contributed by atoms with E-state index < -0.39 is 10.8 Å². The van der Waals surface area contributed by atoms with E-state index in [0.717, 1.165) is 4.90 Å². The van der Waals surface area contributed by atoms with Gasteiger partial charge in [-0.2, -0.15) is 0 Å². The highest BCUT2D eigenvalue weighted by molar-refractivity contribution is 7.99. The van der Waals surface area contributed by atoms with Gasteiger partial charge >= 0.3 is 0 Å². The fourth-order valence-corrected chi connectivity index (χ4v) is 3.52. The highest BCUT2D eigenvalue weighted by Gasteiger charge is 2.19. The lowest BCUT2D eigenvalue weighted by Crippen LogP contribution is -2.12. The van der Waals surface area contributed by atoms with E-state index in [4.69, 9.17) is 11.6 Å². The van der Waals surface area contributed by atoms with Crippen molar-refractivity contribution in [1.29, 1.82) is 0 Å². The van der Waals surface area contributed by atoms with Gasteiger partial charge in [-0.3, -0.25) is 20.2 Å². The molecule has 1 N–H and O–H groups in total. The molecule has 1 aromatic heterocycles. The van der Waals surface area contributed by atoms with Crippen LogP contribution in [0.2, 0.25) is 5.02 Å². The maximum absolute atomic E-state index is 12.2. The number of halogens is 1. The number of hydrogen-bond donors (Lipinski definition) is 1. The second kappa shape index (κ2) is 7.64. The van der Waals surface area contributed by atoms with Gasteiger partial charge in [0, 0.05) is 33.1 Å². The van der Waals surface area contributed by atoms with E-state index in [9.17, 15) is 14.9 Å². The highest BCUT2D eigenvalue weighted by atomic mass is 35.5. The third-order valence-electron chi connectivity index (χ3n) is 3.11. The van der Waals surface area contributed by atoms with Gasteiger partial charge in [0.05, 0.1) is 9.82 Å². The Morgan fingerprint density at radius 2 is 2.00 bits per heavy atom. The van der Waals surface area contributed by atoms with Crippen molar-refractivity contribution in [2.45, 2.75) is 9.79 Å². The second-order valence-corrected chi connectivity index (χ2v) is 7.23. The Bertz CT molecular complexity index is 915. The number of benzene rings is 2. The lowest BCUT2D eigenvalue weighted by atomic mass is 10.2. The lowest BCUT2D eigenvalue weighted by Gasteiger charge is -2.06. The van der Waals surface area contributed by atoms with Gasteiger partial charge in [0.1, 0.15) is 0 Å². The minimum absolute atomic E-state index is 0.133. The summed E-state index contributed by atoms with van der Waals surface area (Å²) in [5.41, 5.74) is 0.0640. The van der Waals surface area contributed by atoms with E-state index in [2.05, 4.69) is 10.3 Å². The van der Waals surface area contributed by atoms with Gasteiger partial charge in [0.2, 0.25) is 0 Å². The van der Waals surface area contributed by atoms with Crippen molar-refractivity contribution in [2.24, 2.45) is 0 Å². The minimum Gasteiger partial charge on any atom is -0.298 e. The summed E-state index contributed by atoms with van der Waals surface area (Å²) in [6.45, 7) is 0. The zero-order chi connectivity index (χ0) is 17.8. The quantitative estimate of drug-likeness (QED) is 0.482. The molecule has 9 heteroatoms. The molecule has 6 nitrogen and oxygen atoms in total. The van der Waals surface area contributed by atoms with Gasteiger partial charge in [0.25, 0.3) is 11.6 Å². The van der Waals surface area contributed by atoms with Gasteiger partial charge in [-0.25, -0.2) is 4.98 Å². The number of anilines is 1. The van der Waals surface area contributed by atoms with Crippen molar-refractivity contribution in [3.05, 3.63) is 74.7 Å². The Morgan fingerprint density at radius 3 is 2.64 bits per heavy atom. The summed E-state index contributed by atoms with van der Waals surface area (Å²) in [6.07, 6.45) is 1.56. The largest absolute Gasteiger partial charge is 0.298 e. The lowest BCUT2D eigenvalue weighted by molar-refractivity contribution is -0.387. The van der Waals surface area contributed by atoms with Gasteiger partial charge < -0.3 is 0 Å². The number of rotatable bonds is 5. The summed E-state index contributed by atoms with van der Waals surface area (Å²) in [4.78, 5) is 28.3. The van der Waals surface area contributed by atoms with Crippen LogP contribution in [0, 0.1) is 10.1 Å². The summed E-state index contributed by atoms with van der Waals surface area (Å²) in [5, 5.41) is 16.7. The van der Waals surface area contributed by atoms with Crippen LogP contribution in [0.3, 0.4) is 0 Å². The van der Waals surface area contributed by atoms with Gasteiger partial charge in [0.15, 0.2) is 5.13 Å². The zero-order valence-electron chi connectivity index (χ0n) is 12.5. The molecule has 2 aromatic carbocycles. The average Bonchev–Trinajstić information content (AvgIpc) is 3.10. The van der Waals surface area contributed by atoms with Crippen LogP contribution in [-0.2, 0) is 0 Å². The van der Waals surface area contributed by atoms with Crippen LogP contribution in [0.15, 0.2) is 63.8 Å². The summed E-state index contributed by atoms with van der Waals surface area (Å²) >= 11 is 8.35. The molecular formula is C16H10ClN3O3S2. The predicted molar refractivity (Wildman–Crippen MR) is 98.7 cm³/mol. The molecule has 3 rings (SSSR count). The van der Waals surface area contributed by atoms with Crippen molar-refractivity contribution in [1.82, 2.24) is 4.98 Å². The van der Waals surface area contributed by atoms with Crippen molar-refractivity contribution in [3.63, 3.8) is 0 Å². The molecule has 0 radical (unpaired) electrons. The molecule has 3 aromatic rings. The molecule has 1 amide bonds. The van der Waals surface area contributed by atoms with Crippen molar-refractivity contribution < 1.29 is 9.72 Å². The number of nitrogens with one attached hydrogen (secondary N) is 1. The average molecular weight is 392 g/mol. The number of thiazole rings is 1. The first-order chi connectivity index (χ1) is 12.0. The smallest absolute Gasteiger partial charge is 0.284 e. The molecule has 0 saturated carbocycles. The summed E-state index contributed by atoms with van der Waals surface area (Å²) < 4.78 is 0. The van der Waals surface area contributed by atoms with Crippen molar-refractivity contribution in [3.8, 4) is 0 Å². The van der Waals surface area contributed by atoms with E-state index >= 15 is 0 Å². The molecule has 126 valence electrons. The van der Waals surface area contributed by atoms with Gasteiger partial charge in [-0.05, 0) is 36.4 Å². The molecule has 25 heavy (non-hydrogen) atoms. The predicted octanol–water partition coefficient (Wildman–Crippen LogP) is 5.11. The molecule has 1 heterocycles. The number of carbonyl (C=O) groups is 1. The Hall–Kier alpha value is -2.42. The number of aromatic nitrogens is 1. The molecule has 0 aliphatic heterocycles. The Balaban J connectivity index is 1.86. The van der Waals surface area contributed by atoms with E-state index in [1.165, 1.54) is 29.2 Å². The first-order valence-electron chi connectivity index (χ1n) is 6.95. The minimum atomic E-state index is -0.502. The topological polar surface area (TPSA) is 85.1 Å². The zero-order valence-corrected chi connectivity index (χ0v) is 14.9. The molecule has 0 fully saturated rings. The van der Waals surface area contributed by atoms with Crippen molar-refractivity contribution in [2.75, 3.05) is 5.32 Å². The number of hydrogen-bond acceptors (Lipinski definition) is 6. The third kappa shape index (κ3) is 4.36. The number of nitro groups is 1. The summed E-state index contributed by atoms with van der Waals surface area (Å²) in [7, 11) is 0. The van der Waals surface area contributed by atoms with E-state index in [1.807, 2.05) is 0 Å². The Kier molecular flexibility index (Phi) is 5.32. The number of nitro benzene ring substituents is 1. The van der Waals surface area contributed by atoms with Crippen LogP contribution in [0.5, 0.6) is 0 Å². The fourth-order valence-electron chi connectivity index (χ4n) is 1.97. The molecule has 0 unspecified atom stereocenters. The van der Waals surface area contributed by atoms with E-state index in [1.54, 1.807) is 48.0 Å². The molecule has 0 spiro atoms. The SMILES string of the molecule is O=C(Nc1nccs1)c1ccc(Sc2ccc(Cl)cc2)c([N+](=O)[O-])c1. The van der Waals surface area contributed by atoms with Gasteiger partial charge in [-0.15, -0.1) is 11.3 Å². The molecule has 0 aliphatic rings. The normalized spacial score (nSPS) is 10.4. The molecular weight excluding hydrogens is 382 g/mol. The maximum atomic E-state index is 12.2. The van der Waals surface area contributed by atoms with Crippen LogP contribution < -0.4 is 5.32 Å². The number of carbonyl (C=O) groups excluding carboxylic acids is 1. The third-order valence-corrected chi connectivity index (χ3v) is 5.13. The van der Waals surface area contributed by atoms with Crippen molar-refractivity contribution >= 4 is 51.4 Å². The van der Waals surface area contributed by atoms with Gasteiger partial charge in [-0.1, -0.05) is 23.4 Å². The van der Waals surface area contributed by atoms with Crippen LogP contribution in [-0.4, -0.2) is 15.8 Å². The number of amides is 1. The maximum Gasteiger partial charge on any atom is 0.284 e. The monoisotopic (exact) mass is 391 g/mol. The van der Waals surface area contributed by atoms with E-state index in [-0.39, 0.29) is 11.3 Å². The first kappa shape index (κ1) is 17.4. The van der Waals surface area contributed by atoms with E-state index in [0.29, 0.717) is 15.0 Å². The second-order valence-electron chi connectivity index (χ2n) is 4.79. The van der Waals surface area contributed by atoms with Crippen LogP contribution in [0.25, 0.3) is 0 Å². The first-order valence-corrected chi connectivity index (χ1v) is 9.03. The van der Waals surface area contributed by atoms with Crippen LogP contribution in [0.1, 0.15) is 10.4 Å². The Morgan fingerprint density at radius 1 is 1.24 bits per heavy atom. The Labute approximate surface area is 156 Å². The summed E-state index contributed by atoms with van der Waals surface area (Å²) in [5.74, 6) is -0.443. The molecule has 0 atom stereocenters. The van der Waals surface area contributed by atoms with Crippen LogP contribution in [0.4, 0.5) is 10.8 Å². The molecule has 0 aliphatic carbocycles. The molecule has 0 bridgehead atoms. The summed E-state index contributed by atoms with van der Waals surface area (Å²) in [6, 6.07) is 11.4. The highest BCUT2D eigenvalue weighted by Crippen LogP contribution is 2.35. The standard InChI is InChI=1S/C16H10ClN3O3S2/c17-11-2-4-12(5-3-11)25-14-6-1-10(9-13(14)20(22)23)15(21)19-16-18-7-8-24-16/h1-9H,(H,18,19,21). The fraction of sp³-hybridized carbons (Fsp3) is 0. The van der Waals surface area contributed by atoms with Crippen LogP contribution >= 0.6 is 34.7 Å².